The highest BCUT2D eigenvalue weighted by Crippen LogP contribution is 2.27. The van der Waals surface area contributed by atoms with Crippen molar-refractivity contribution in [2.75, 3.05) is 20.2 Å². The summed E-state index contributed by atoms with van der Waals surface area (Å²) in [6.07, 6.45) is 4.35. The van der Waals surface area contributed by atoms with Crippen molar-refractivity contribution in [2.24, 2.45) is 0 Å². The monoisotopic (exact) mass is 283 g/mol. The van der Waals surface area contributed by atoms with Gasteiger partial charge in [0.25, 0.3) is 0 Å². The lowest BCUT2D eigenvalue weighted by molar-refractivity contribution is 0.263. The van der Waals surface area contributed by atoms with E-state index < -0.39 is 0 Å². The van der Waals surface area contributed by atoms with E-state index in [1.165, 1.54) is 31.5 Å². The molecule has 1 aliphatic heterocycles. The summed E-state index contributed by atoms with van der Waals surface area (Å²) in [4.78, 5) is 11.3. The molecule has 1 unspecified atom stereocenters. The van der Waals surface area contributed by atoms with Crippen molar-refractivity contribution in [2.45, 2.75) is 25.8 Å². The fraction of sp³-hybridized carbons (Fsp3) is 0.412. The predicted molar refractivity (Wildman–Crippen MR) is 83.2 cm³/mol. The zero-order chi connectivity index (χ0) is 14.7. The van der Waals surface area contributed by atoms with Crippen LogP contribution in [0.4, 0.5) is 0 Å². The van der Waals surface area contributed by atoms with E-state index in [2.05, 4.69) is 46.1 Å². The lowest BCUT2D eigenvalue weighted by atomic mass is 10.0. The highest BCUT2D eigenvalue weighted by molar-refractivity contribution is 5.56. The van der Waals surface area contributed by atoms with Gasteiger partial charge >= 0.3 is 0 Å². The summed E-state index contributed by atoms with van der Waals surface area (Å²) >= 11 is 0. The summed E-state index contributed by atoms with van der Waals surface area (Å²) in [5.41, 5.74) is 2.36. The summed E-state index contributed by atoms with van der Waals surface area (Å²) in [5, 5.41) is 0. The van der Waals surface area contributed by atoms with Crippen LogP contribution in [0.5, 0.6) is 5.88 Å². The number of nitrogens with zero attached hydrogens (tertiary/aromatic N) is 3. The van der Waals surface area contributed by atoms with E-state index in [0.29, 0.717) is 17.7 Å². The zero-order valence-electron chi connectivity index (χ0n) is 12.6. The molecule has 1 aliphatic rings. The molecular formula is C17H21N3O. The van der Waals surface area contributed by atoms with Gasteiger partial charge in [-0.2, -0.15) is 4.98 Å². The van der Waals surface area contributed by atoms with Crippen LogP contribution < -0.4 is 4.74 Å². The minimum absolute atomic E-state index is 0.443. The van der Waals surface area contributed by atoms with Crippen molar-refractivity contribution in [3.8, 4) is 17.3 Å². The van der Waals surface area contributed by atoms with E-state index >= 15 is 0 Å². The molecule has 0 amide bonds. The van der Waals surface area contributed by atoms with Gasteiger partial charge < -0.3 is 4.74 Å². The number of aromatic nitrogens is 2. The van der Waals surface area contributed by atoms with Crippen molar-refractivity contribution in [3.05, 3.63) is 42.1 Å². The Morgan fingerprint density at radius 2 is 2.00 bits per heavy atom. The van der Waals surface area contributed by atoms with Crippen molar-refractivity contribution >= 4 is 0 Å². The number of hydrogen-bond acceptors (Lipinski definition) is 4. The molecule has 0 saturated carbocycles. The van der Waals surface area contributed by atoms with Gasteiger partial charge in [0.05, 0.1) is 7.11 Å². The van der Waals surface area contributed by atoms with Crippen LogP contribution in [0.1, 0.15) is 31.4 Å². The van der Waals surface area contributed by atoms with Gasteiger partial charge in [-0.25, -0.2) is 4.98 Å². The van der Waals surface area contributed by atoms with E-state index in [1.807, 2.05) is 0 Å². The minimum Gasteiger partial charge on any atom is -0.481 e. The molecule has 4 nitrogen and oxygen atoms in total. The Morgan fingerprint density at radius 3 is 2.76 bits per heavy atom. The third-order valence-electron chi connectivity index (χ3n) is 4.15. The van der Waals surface area contributed by atoms with E-state index in [9.17, 15) is 0 Å². The third kappa shape index (κ3) is 3.05. The maximum Gasteiger partial charge on any atom is 0.216 e. The number of rotatable bonds is 4. The Hall–Kier alpha value is -1.94. The maximum atomic E-state index is 5.18. The molecule has 1 atom stereocenters. The molecule has 1 aromatic carbocycles. The number of benzene rings is 1. The first-order chi connectivity index (χ1) is 10.3. The van der Waals surface area contributed by atoms with Crippen LogP contribution in [-0.2, 0) is 0 Å². The fourth-order valence-corrected chi connectivity index (χ4v) is 2.87. The summed E-state index contributed by atoms with van der Waals surface area (Å²) < 4.78 is 5.18. The molecule has 1 fully saturated rings. The molecular weight excluding hydrogens is 262 g/mol. The van der Waals surface area contributed by atoms with Crippen molar-refractivity contribution < 1.29 is 4.74 Å². The summed E-state index contributed by atoms with van der Waals surface area (Å²) in [6.45, 7) is 4.67. The van der Waals surface area contributed by atoms with Crippen LogP contribution >= 0.6 is 0 Å². The van der Waals surface area contributed by atoms with Crippen LogP contribution in [0.15, 0.2) is 36.5 Å². The molecule has 110 valence electrons. The Balaban J connectivity index is 1.88. The zero-order valence-corrected chi connectivity index (χ0v) is 12.6. The van der Waals surface area contributed by atoms with Gasteiger partial charge in [0, 0.05) is 23.9 Å². The summed E-state index contributed by atoms with van der Waals surface area (Å²) in [6, 6.07) is 10.7. The normalized spacial score (nSPS) is 16.9. The average molecular weight is 283 g/mol. The summed E-state index contributed by atoms with van der Waals surface area (Å²) in [7, 11) is 1.62. The van der Waals surface area contributed by atoms with Crippen LogP contribution in [0, 0.1) is 0 Å². The molecule has 1 aromatic heterocycles. The number of hydrogen-bond donors (Lipinski definition) is 0. The first-order valence-electron chi connectivity index (χ1n) is 7.49. The highest BCUT2D eigenvalue weighted by atomic mass is 16.5. The quantitative estimate of drug-likeness (QED) is 0.863. The van der Waals surface area contributed by atoms with Gasteiger partial charge in [-0.05, 0) is 44.5 Å². The van der Waals surface area contributed by atoms with Gasteiger partial charge in [-0.3, -0.25) is 4.90 Å². The molecule has 1 saturated heterocycles. The minimum atomic E-state index is 0.443. The molecule has 3 rings (SSSR count). The van der Waals surface area contributed by atoms with E-state index in [1.54, 1.807) is 19.4 Å². The van der Waals surface area contributed by atoms with Gasteiger partial charge in [-0.15, -0.1) is 0 Å². The van der Waals surface area contributed by atoms with Crippen molar-refractivity contribution in [1.82, 2.24) is 14.9 Å². The van der Waals surface area contributed by atoms with Gasteiger partial charge in [-0.1, -0.05) is 18.2 Å². The second-order valence-corrected chi connectivity index (χ2v) is 5.47. The molecule has 0 N–H and O–H groups in total. The third-order valence-corrected chi connectivity index (χ3v) is 4.15. The van der Waals surface area contributed by atoms with Crippen LogP contribution in [0.3, 0.4) is 0 Å². The highest BCUT2D eigenvalue weighted by Gasteiger charge is 2.19. The van der Waals surface area contributed by atoms with Gasteiger partial charge in [0.2, 0.25) is 5.88 Å². The summed E-state index contributed by atoms with van der Waals surface area (Å²) in [5.74, 6) is 1.31. The fourth-order valence-electron chi connectivity index (χ4n) is 2.87. The molecule has 0 bridgehead atoms. The van der Waals surface area contributed by atoms with Gasteiger partial charge in [0.15, 0.2) is 5.82 Å². The Labute approximate surface area is 125 Å². The topological polar surface area (TPSA) is 38.2 Å². The number of methoxy groups -OCH3 is 1. The molecule has 0 aliphatic carbocycles. The number of ether oxygens (including phenoxy) is 1. The first kappa shape index (κ1) is 14.0. The van der Waals surface area contributed by atoms with E-state index in [4.69, 9.17) is 4.74 Å². The molecule has 2 aromatic rings. The van der Waals surface area contributed by atoms with Crippen molar-refractivity contribution in [3.63, 3.8) is 0 Å². The molecule has 2 heterocycles. The molecule has 0 radical (unpaired) electrons. The molecule has 0 spiro atoms. The van der Waals surface area contributed by atoms with Crippen LogP contribution in [0.25, 0.3) is 11.4 Å². The van der Waals surface area contributed by atoms with E-state index in [0.717, 1.165) is 5.56 Å². The maximum absolute atomic E-state index is 5.18. The van der Waals surface area contributed by atoms with Crippen LogP contribution in [0.2, 0.25) is 0 Å². The second-order valence-electron chi connectivity index (χ2n) is 5.47. The second kappa shape index (κ2) is 6.22. The van der Waals surface area contributed by atoms with Gasteiger partial charge in [0.1, 0.15) is 0 Å². The van der Waals surface area contributed by atoms with E-state index in [-0.39, 0.29) is 0 Å². The first-order valence-corrected chi connectivity index (χ1v) is 7.49. The Bertz CT molecular complexity index is 608. The lowest BCUT2D eigenvalue weighted by Crippen LogP contribution is -2.23. The lowest BCUT2D eigenvalue weighted by Gasteiger charge is -2.24. The largest absolute Gasteiger partial charge is 0.481 e. The Morgan fingerprint density at radius 1 is 1.19 bits per heavy atom. The van der Waals surface area contributed by atoms with Crippen molar-refractivity contribution in [1.29, 1.82) is 0 Å². The van der Waals surface area contributed by atoms with Crippen LogP contribution in [-0.4, -0.2) is 35.1 Å². The Kier molecular flexibility index (Phi) is 4.15. The molecule has 21 heavy (non-hydrogen) atoms. The number of likely N-dealkylation sites (tertiary alicyclic amines) is 1. The standard InChI is InChI=1S/C17H21N3O/c1-13(20-10-3-4-11-20)14-6-5-7-15(12-14)17-18-9-8-16(19-17)21-2/h5-9,12-13H,3-4,10-11H2,1-2H3. The molecule has 4 heteroatoms. The smallest absolute Gasteiger partial charge is 0.216 e. The SMILES string of the molecule is COc1ccnc(-c2cccc(C(C)N3CCCC3)c2)n1. The predicted octanol–water partition coefficient (Wildman–Crippen LogP) is 3.31. The average Bonchev–Trinajstić information content (AvgIpc) is 3.09.